The molecule has 2 heterocycles. The van der Waals surface area contributed by atoms with E-state index in [1.54, 1.807) is 0 Å². The number of likely N-dealkylation sites (N-methyl/N-ethyl adjacent to an activating group) is 1. The summed E-state index contributed by atoms with van der Waals surface area (Å²) in [6.07, 6.45) is -1.55. The van der Waals surface area contributed by atoms with E-state index in [-0.39, 0.29) is 6.04 Å². The van der Waals surface area contributed by atoms with Crippen molar-refractivity contribution in [1.82, 2.24) is 4.90 Å². The zero-order chi connectivity index (χ0) is 20.1. The molecule has 0 fully saturated rings. The van der Waals surface area contributed by atoms with Gasteiger partial charge in [-0.05, 0) is 68.8 Å². The van der Waals surface area contributed by atoms with Gasteiger partial charge in [0, 0.05) is 23.8 Å². The molecule has 2 aromatic rings. The summed E-state index contributed by atoms with van der Waals surface area (Å²) in [5.74, 6) is 0. The predicted octanol–water partition coefficient (Wildman–Crippen LogP) is 5.84. The summed E-state index contributed by atoms with van der Waals surface area (Å²) >= 11 is 0. The summed E-state index contributed by atoms with van der Waals surface area (Å²) in [5, 5.41) is 3.28. The number of nitrogens with one attached hydrogen (secondary N) is 1. The molecule has 0 spiro atoms. The van der Waals surface area contributed by atoms with Gasteiger partial charge in [-0.2, -0.15) is 13.2 Å². The summed E-state index contributed by atoms with van der Waals surface area (Å²) in [7, 11) is 2.04. The average Bonchev–Trinajstić information content (AvgIpc) is 2.79. The molecule has 0 unspecified atom stereocenters. The fraction of sp³-hybridized carbons (Fsp3) is 0.318. The summed E-state index contributed by atoms with van der Waals surface area (Å²) in [6, 6.07) is 9.88. The SMILES string of the molecule is Cc1ccc2c(c1)N=C(C1=C[C@H](C)N(C)CC1)c1cc(C(F)(F)F)ccc1N2. The molecule has 0 aromatic heterocycles. The van der Waals surface area contributed by atoms with Crippen LogP contribution in [0.1, 0.15) is 30.0 Å². The molecular weight excluding hydrogens is 363 g/mol. The molecule has 3 nitrogen and oxygen atoms in total. The second kappa shape index (κ2) is 6.78. The molecule has 0 amide bonds. The van der Waals surface area contributed by atoms with E-state index in [9.17, 15) is 13.2 Å². The van der Waals surface area contributed by atoms with E-state index in [0.29, 0.717) is 17.0 Å². The van der Waals surface area contributed by atoms with Gasteiger partial charge in [-0.25, -0.2) is 4.99 Å². The molecule has 0 saturated heterocycles. The first kappa shape index (κ1) is 18.7. The first-order valence-electron chi connectivity index (χ1n) is 9.31. The Morgan fingerprint density at radius 2 is 1.86 bits per heavy atom. The molecule has 4 rings (SSSR count). The van der Waals surface area contributed by atoms with Crippen LogP contribution < -0.4 is 5.32 Å². The Morgan fingerprint density at radius 1 is 1.11 bits per heavy atom. The van der Waals surface area contributed by atoms with Gasteiger partial charge in [0.1, 0.15) is 0 Å². The third-order valence-electron chi connectivity index (χ3n) is 5.43. The second-order valence-electron chi connectivity index (χ2n) is 7.53. The Morgan fingerprint density at radius 3 is 2.57 bits per heavy atom. The number of nitrogens with zero attached hydrogens (tertiary/aromatic N) is 2. The van der Waals surface area contributed by atoms with Crippen LogP contribution in [0.5, 0.6) is 0 Å². The van der Waals surface area contributed by atoms with E-state index in [1.807, 2.05) is 32.2 Å². The van der Waals surface area contributed by atoms with Crippen LogP contribution in [0.25, 0.3) is 0 Å². The maximum atomic E-state index is 13.4. The molecule has 0 radical (unpaired) electrons. The van der Waals surface area contributed by atoms with Crippen LogP contribution in [0.2, 0.25) is 0 Å². The van der Waals surface area contributed by atoms with Crippen molar-refractivity contribution in [2.75, 3.05) is 18.9 Å². The van der Waals surface area contributed by atoms with Crippen molar-refractivity contribution >= 4 is 22.8 Å². The average molecular weight is 385 g/mol. The third-order valence-corrected chi connectivity index (χ3v) is 5.43. The monoisotopic (exact) mass is 385 g/mol. The molecule has 1 atom stereocenters. The molecular formula is C22H22F3N3. The largest absolute Gasteiger partial charge is 0.416 e. The van der Waals surface area contributed by atoms with Crippen molar-refractivity contribution in [3.05, 3.63) is 64.7 Å². The summed E-state index contributed by atoms with van der Waals surface area (Å²) in [6.45, 7) is 4.90. The number of aryl methyl sites for hydroxylation is 1. The Bertz CT molecular complexity index is 989. The Labute approximate surface area is 162 Å². The summed E-state index contributed by atoms with van der Waals surface area (Å²) < 4.78 is 40.1. The molecule has 0 bridgehead atoms. The van der Waals surface area contributed by atoms with Crippen molar-refractivity contribution in [2.45, 2.75) is 32.5 Å². The normalized spacial score (nSPS) is 19.7. The number of halogens is 3. The molecule has 28 heavy (non-hydrogen) atoms. The van der Waals surface area contributed by atoms with E-state index in [4.69, 9.17) is 4.99 Å². The van der Waals surface area contributed by atoms with E-state index < -0.39 is 11.7 Å². The van der Waals surface area contributed by atoms with Crippen LogP contribution in [0, 0.1) is 6.92 Å². The standard InChI is InChI=1S/C22H22F3N3/c1-13-4-6-19-20(10-13)27-21(15-8-9-28(3)14(2)11-15)17-12-16(22(23,24)25)5-7-18(17)26-19/h4-7,10-12,14,26H,8-9H2,1-3H3/t14-/m0/s1. The number of hydrogen-bond donors (Lipinski definition) is 1. The van der Waals surface area contributed by atoms with Gasteiger partial charge in [0.15, 0.2) is 0 Å². The highest BCUT2D eigenvalue weighted by Gasteiger charge is 2.32. The number of rotatable bonds is 1. The van der Waals surface area contributed by atoms with Gasteiger partial charge in [-0.1, -0.05) is 12.1 Å². The smallest absolute Gasteiger partial charge is 0.353 e. The molecule has 0 saturated carbocycles. The number of fused-ring (bicyclic) bond motifs is 2. The van der Waals surface area contributed by atoms with E-state index in [0.717, 1.165) is 41.5 Å². The minimum absolute atomic E-state index is 0.203. The second-order valence-corrected chi connectivity index (χ2v) is 7.53. The van der Waals surface area contributed by atoms with Gasteiger partial charge >= 0.3 is 6.18 Å². The molecule has 146 valence electrons. The third kappa shape index (κ3) is 3.44. The van der Waals surface area contributed by atoms with Gasteiger partial charge in [0.05, 0.1) is 22.6 Å². The van der Waals surface area contributed by atoms with Gasteiger partial charge in [-0.15, -0.1) is 0 Å². The minimum Gasteiger partial charge on any atom is -0.353 e. The van der Waals surface area contributed by atoms with Gasteiger partial charge in [0.25, 0.3) is 0 Å². The topological polar surface area (TPSA) is 27.6 Å². The van der Waals surface area contributed by atoms with Crippen LogP contribution in [-0.2, 0) is 6.18 Å². The Hall–Kier alpha value is -2.60. The first-order valence-corrected chi connectivity index (χ1v) is 9.31. The highest BCUT2D eigenvalue weighted by Crippen LogP contribution is 2.39. The first-order chi connectivity index (χ1) is 13.2. The highest BCUT2D eigenvalue weighted by molar-refractivity contribution is 6.18. The van der Waals surface area contributed by atoms with Crippen LogP contribution in [0.3, 0.4) is 0 Å². The number of hydrogen-bond acceptors (Lipinski definition) is 3. The predicted molar refractivity (Wildman–Crippen MR) is 107 cm³/mol. The Kier molecular flexibility index (Phi) is 4.54. The van der Waals surface area contributed by atoms with Gasteiger partial charge < -0.3 is 5.32 Å². The molecule has 2 aromatic carbocycles. The molecule has 1 N–H and O–H groups in total. The lowest BCUT2D eigenvalue weighted by atomic mass is 9.92. The zero-order valence-corrected chi connectivity index (χ0v) is 16.1. The molecule has 6 heteroatoms. The fourth-order valence-electron chi connectivity index (χ4n) is 3.64. The number of benzene rings is 2. The van der Waals surface area contributed by atoms with E-state index in [1.165, 1.54) is 12.1 Å². The van der Waals surface area contributed by atoms with Crippen molar-refractivity contribution in [1.29, 1.82) is 0 Å². The number of alkyl halides is 3. The highest BCUT2D eigenvalue weighted by atomic mass is 19.4. The van der Waals surface area contributed by atoms with Crippen LogP contribution in [0.4, 0.5) is 30.2 Å². The lowest BCUT2D eigenvalue weighted by Gasteiger charge is -2.29. The molecule has 0 aliphatic carbocycles. The number of anilines is 2. The van der Waals surface area contributed by atoms with Crippen molar-refractivity contribution < 1.29 is 13.2 Å². The zero-order valence-electron chi connectivity index (χ0n) is 16.1. The van der Waals surface area contributed by atoms with Crippen LogP contribution >= 0.6 is 0 Å². The quantitative estimate of drug-likeness (QED) is 0.668. The van der Waals surface area contributed by atoms with Crippen LogP contribution in [-0.4, -0.2) is 30.2 Å². The maximum Gasteiger partial charge on any atom is 0.416 e. The van der Waals surface area contributed by atoms with Crippen molar-refractivity contribution in [3.63, 3.8) is 0 Å². The fourth-order valence-corrected chi connectivity index (χ4v) is 3.64. The molecule has 2 aliphatic rings. The molecule has 2 aliphatic heterocycles. The van der Waals surface area contributed by atoms with Crippen molar-refractivity contribution in [3.8, 4) is 0 Å². The van der Waals surface area contributed by atoms with Gasteiger partial charge in [-0.3, -0.25) is 4.90 Å². The summed E-state index contributed by atoms with van der Waals surface area (Å²) in [5.41, 5.74) is 4.67. The number of aliphatic imine (C=N–C) groups is 1. The van der Waals surface area contributed by atoms with Gasteiger partial charge in [0.2, 0.25) is 0 Å². The van der Waals surface area contributed by atoms with E-state index >= 15 is 0 Å². The Balaban J connectivity index is 1.94. The lowest BCUT2D eigenvalue weighted by molar-refractivity contribution is -0.137. The van der Waals surface area contributed by atoms with E-state index in [2.05, 4.69) is 23.2 Å². The minimum atomic E-state index is -4.40. The van der Waals surface area contributed by atoms with Crippen molar-refractivity contribution in [2.24, 2.45) is 4.99 Å². The lowest BCUT2D eigenvalue weighted by Crippen LogP contribution is -2.33. The van der Waals surface area contributed by atoms with Crippen LogP contribution in [0.15, 0.2) is 53.0 Å². The summed E-state index contributed by atoms with van der Waals surface area (Å²) in [4.78, 5) is 7.06. The maximum absolute atomic E-state index is 13.4.